The molecule has 2 unspecified atom stereocenters. The van der Waals surface area contributed by atoms with E-state index in [1.165, 1.54) is 37.5 Å². The van der Waals surface area contributed by atoms with Gasteiger partial charge in [0.2, 0.25) is 10.0 Å². The van der Waals surface area contributed by atoms with Crippen molar-refractivity contribution in [3.63, 3.8) is 0 Å². The summed E-state index contributed by atoms with van der Waals surface area (Å²) < 4.78 is 42.0. The first kappa shape index (κ1) is 15.6. The van der Waals surface area contributed by atoms with Crippen LogP contribution in [0.2, 0.25) is 0 Å². The van der Waals surface area contributed by atoms with E-state index in [1.807, 2.05) is 0 Å². The Kier molecular flexibility index (Phi) is 3.10. The fourth-order valence-electron chi connectivity index (χ4n) is 6.54. The van der Waals surface area contributed by atoms with Gasteiger partial charge in [0.1, 0.15) is 5.82 Å². The first-order valence-corrected chi connectivity index (χ1v) is 9.89. The van der Waals surface area contributed by atoms with Crippen LogP contribution in [0.25, 0.3) is 0 Å². The predicted octanol–water partition coefficient (Wildman–Crippen LogP) is 3.85. The van der Waals surface area contributed by atoms with Gasteiger partial charge in [0.05, 0.1) is 4.90 Å². The van der Waals surface area contributed by atoms with Gasteiger partial charge in [-0.25, -0.2) is 17.5 Å². The molecule has 1 aromatic rings. The number of sulfonamides is 1. The molecular weight excluding hydrogens is 313 g/mol. The molecular formula is C18H24FNO2S. The van der Waals surface area contributed by atoms with Gasteiger partial charge in [-0.15, -0.1) is 0 Å². The number of hydrogen-bond acceptors (Lipinski definition) is 2. The lowest BCUT2D eigenvalue weighted by atomic mass is 9.43. The summed E-state index contributed by atoms with van der Waals surface area (Å²) in [6.07, 6.45) is 6.35. The molecule has 4 aliphatic carbocycles. The van der Waals surface area contributed by atoms with Crippen LogP contribution in [0.15, 0.2) is 29.2 Å². The highest BCUT2D eigenvalue weighted by Gasteiger charge is 2.61. The molecule has 1 aromatic carbocycles. The first-order chi connectivity index (χ1) is 10.6. The monoisotopic (exact) mass is 337 g/mol. The molecule has 0 spiro atoms. The molecule has 0 saturated heterocycles. The summed E-state index contributed by atoms with van der Waals surface area (Å²) in [6.45, 7) is 4.61. The molecule has 5 rings (SSSR count). The molecule has 5 heteroatoms. The van der Waals surface area contributed by atoms with E-state index in [9.17, 15) is 12.8 Å². The van der Waals surface area contributed by atoms with Crippen LogP contribution in [0.4, 0.5) is 4.39 Å². The quantitative estimate of drug-likeness (QED) is 0.910. The molecule has 0 amide bonds. The van der Waals surface area contributed by atoms with Gasteiger partial charge in [-0.05, 0) is 73.5 Å². The molecule has 0 heterocycles. The van der Waals surface area contributed by atoms with Crippen molar-refractivity contribution in [2.75, 3.05) is 0 Å². The second-order valence-electron chi connectivity index (χ2n) is 8.97. The topological polar surface area (TPSA) is 46.2 Å². The van der Waals surface area contributed by atoms with Crippen molar-refractivity contribution in [1.29, 1.82) is 0 Å². The van der Waals surface area contributed by atoms with Crippen molar-refractivity contribution in [3.05, 3.63) is 30.1 Å². The molecule has 4 saturated carbocycles. The maximum atomic E-state index is 13.4. The van der Waals surface area contributed by atoms with E-state index in [-0.39, 0.29) is 21.3 Å². The second-order valence-corrected chi connectivity index (χ2v) is 10.7. The Morgan fingerprint density at radius 3 is 2.30 bits per heavy atom. The third kappa shape index (κ3) is 2.62. The van der Waals surface area contributed by atoms with Gasteiger partial charge in [0.25, 0.3) is 0 Å². The maximum Gasteiger partial charge on any atom is 0.241 e. The Morgan fingerprint density at radius 2 is 1.74 bits per heavy atom. The third-order valence-corrected chi connectivity index (χ3v) is 7.66. The average molecular weight is 337 g/mol. The molecule has 0 aliphatic heterocycles. The van der Waals surface area contributed by atoms with Crippen LogP contribution in [0.1, 0.15) is 52.4 Å². The molecule has 0 radical (unpaired) electrons. The second kappa shape index (κ2) is 4.57. The van der Waals surface area contributed by atoms with E-state index < -0.39 is 15.8 Å². The van der Waals surface area contributed by atoms with Gasteiger partial charge in [-0.2, -0.15) is 0 Å². The molecule has 4 bridgehead atoms. The standard InChI is InChI=1S/C18H24FNO2S/c1-16-7-13-8-17(2,10-16)12-18(9-13,11-16)20-23(21,22)15-5-3-4-14(19)6-15/h3-6,13,20H,7-12H2,1-2H3. The molecule has 2 atom stereocenters. The largest absolute Gasteiger partial charge is 0.241 e. The van der Waals surface area contributed by atoms with Crippen LogP contribution < -0.4 is 4.72 Å². The van der Waals surface area contributed by atoms with Crippen molar-refractivity contribution >= 4 is 10.0 Å². The number of hydrogen-bond donors (Lipinski definition) is 1. The van der Waals surface area contributed by atoms with E-state index in [2.05, 4.69) is 18.6 Å². The van der Waals surface area contributed by atoms with Crippen LogP contribution >= 0.6 is 0 Å². The van der Waals surface area contributed by atoms with E-state index >= 15 is 0 Å². The van der Waals surface area contributed by atoms with Crippen LogP contribution in [-0.2, 0) is 10.0 Å². The number of benzene rings is 1. The van der Waals surface area contributed by atoms with E-state index in [4.69, 9.17) is 0 Å². The summed E-state index contributed by atoms with van der Waals surface area (Å²) in [5.41, 5.74) is 0.116. The number of halogens is 1. The lowest BCUT2D eigenvalue weighted by Crippen LogP contribution is -2.65. The van der Waals surface area contributed by atoms with E-state index in [0.29, 0.717) is 5.92 Å². The van der Waals surface area contributed by atoms with E-state index in [1.54, 1.807) is 0 Å². The normalized spacial score (nSPS) is 42.1. The van der Waals surface area contributed by atoms with Crippen molar-refractivity contribution in [3.8, 4) is 0 Å². The highest BCUT2D eigenvalue weighted by atomic mass is 32.2. The molecule has 23 heavy (non-hydrogen) atoms. The number of rotatable bonds is 3. The van der Waals surface area contributed by atoms with Crippen LogP contribution in [0.3, 0.4) is 0 Å². The van der Waals surface area contributed by atoms with Crippen LogP contribution in [0.5, 0.6) is 0 Å². The van der Waals surface area contributed by atoms with Crippen molar-refractivity contribution < 1.29 is 12.8 Å². The highest BCUT2D eigenvalue weighted by molar-refractivity contribution is 7.89. The zero-order valence-electron chi connectivity index (χ0n) is 13.7. The average Bonchev–Trinajstić information content (AvgIpc) is 2.32. The Bertz CT molecular complexity index is 742. The van der Waals surface area contributed by atoms with Crippen molar-refractivity contribution in [2.45, 2.75) is 62.8 Å². The van der Waals surface area contributed by atoms with Gasteiger partial charge in [0, 0.05) is 5.54 Å². The Hall–Kier alpha value is -0.940. The molecule has 126 valence electrons. The zero-order valence-corrected chi connectivity index (χ0v) is 14.5. The first-order valence-electron chi connectivity index (χ1n) is 8.41. The van der Waals surface area contributed by atoms with Gasteiger partial charge in [-0.3, -0.25) is 0 Å². The summed E-state index contributed by atoms with van der Waals surface area (Å²) >= 11 is 0. The minimum Gasteiger partial charge on any atom is -0.207 e. The van der Waals surface area contributed by atoms with E-state index in [0.717, 1.165) is 25.3 Å². The zero-order chi connectivity index (χ0) is 16.5. The smallest absolute Gasteiger partial charge is 0.207 e. The van der Waals surface area contributed by atoms with Crippen LogP contribution in [0, 0.1) is 22.6 Å². The predicted molar refractivity (Wildman–Crippen MR) is 86.9 cm³/mol. The van der Waals surface area contributed by atoms with Gasteiger partial charge in [-0.1, -0.05) is 19.9 Å². The van der Waals surface area contributed by atoms with Crippen LogP contribution in [-0.4, -0.2) is 14.0 Å². The summed E-state index contributed by atoms with van der Waals surface area (Å²) in [5, 5.41) is 0. The number of nitrogens with one attached hydrogen (secondary N) is 1. The Morgan fingerprint density at radius 1 is 1.09 bits per heavy atom. The lowest BCUT2D eigenvalue weighted by molar-refractivity contribution is -0.110. The highest BCUT2D eigenvalue weighted by Crippen LogP contribution is 2.66. The summed E-state index contributed by atoms with van der Waals surface area (Å²) in [5.74, 6) is 0.0915. The van der Waals surface area contributed by atoms with Gasteiger partial charge >= 0.3 is 0 Å². The molecule has 3 nitrogen and oxygen atoms in total. The molecule has 0 aromatic heterocycles. The molecule has 4 fully saturated rings. The maximum absolute atomic E-state index is 13.4. The molecule has 4 aliphatic rings. The minimum atomic E-state index is -3.69. The summed E-state index contributed by atoms with van der Waals surface area (Å²) in [7, 11) is -3.69. The minimum absolute atomic E-state index is 0.0311. The van der Waals surface area contributed by atoms with Crippen molar-refractivity contribution in [1.82, 2.24) is 4.72 Å². The van der Waals surface area contributed by atoms with Gasteiger partial charge in [0.15, 0.2) is 0 Å². The molecule has 1 N–H and O–H groups in total. The Balaban J connectivity index is 1.68. The van der Waals surface area contributed by atoms with Crippen molar-refractivity contribution in [2.24, 2.45) is 16.7 Å². The fourth-order valence-corrected chi connectivity index (χ4v) is 7.98. The Labute approximate surface area is 137 Å². The lowest BCUT2D eigenvalue weighted by Gasteiger charge is -2.65. The SMILES string of the molecule is CC12CC3CC(C)(C1)CC(NS(=O)(=O)c1cccc(F)c1)(C3)C2. The van der Waals surface area contributed by atoms with Gasteiger partial charge < -0.3 is 0 Å². The third-order valence-electron chi connectivity index (χ3n) is 6.08. The summed E-state index contributed by atoms with van der Waals surface area (Å²) in [4.78, 5) is 0.0311. The fraction of sp³-hybridized carbons (Fsp3) is 0.667. The summed E-state index contributed by atoms with van der Waals surface area (Å²) in [6, 6.07) is 5.29.